The van der Waals surface area contributed by atoms with Crippen LogP contribution in [0.3, 0.4) is 0 Å². The number of halogens is 1. The van der Waals surface area contributed by atoms with Gasteiger partial charge < -0.3 is 11.5 Å². The monoisotopic (exact) mass is 287 g/mol. The van der Waals surface area contributed by atoms with Gasteiger partial charge in [-0.1, -0.05) is 0 Å². The van der Waals surface area contributed by atoms with E-state index in [0.29, 0.717) is 30.2 Å². The van der Waals surface area contributed by atoms with Crippen molar-refractivity contribution in [1.82, 2.24) is 9.97 Å². The number of aromatic nitrogens is 2. The Morgan fingerprint density at radius 1 is 1.33 bits per heavy atom. The molecule has 1 aromatic rings. The molecule has 0 aromatic carbocycles. The van der Waals surface area contributed by atoms with Gasteiger partial charge in [0.1, 0.15) is 17.5 Å². The molecule has 2 atom stereocenters. The summed E-state index contributed by atoms with van der Waals surface area (Å²) in [7, 11) is 0. The van der Waals surface area contributed by atoms with Crippen LogP contribution in [0.15, 0.2) is 34.9 Å². The number of hydrogen-bond acceptors (Lipinski definition) is 5. The van der Waals surface area contributed by atoms with Crippen LogP contribution >= 0.6 is 0 Å². The molecule has 1 aliphatic heterocycles. The number of nitrogens with zero attached hydrogens (tertiary/aromatic N) is 3. The van der Waals surface area contributed by atoms with E-state index >= 15 is 0 Å². The lowest BCUT2D eigenvalue weighted by atomic mass is 9.75. The van der Waals surface area contributed by atoms with Crippen molar-refractivity contribution < 1.29 is 4.39 Å². The first-order chi connectivity index (χ1) is 9.89. The maximum Gasteiger partial charge on any atom is 0.129 e. The minimum Gasteiger partial charge on any atom is -0.402 e. The Balaban J connectivity index is 2.03. The van der Waals surface area contributed by atoms with Crippen molar-refractivity contribution in [3.05, 3.63) is 47.0 Å². The molecule has 1 aliphatic carbocycles. The number of aliphatic imine (C=N–C) groups is 1. The van der Waals surface area contributed by atoms with Crippen LogP contribution in [0.4, 0.5) is 4.39 Å². The van der Waals surface area contributed by atoms with Gasteiger partial charge in [0, 0.05) is 24.2 Å². The van der Waals surface area contributed by atoms with Crippen LogP contribution in [0, 0.1) is 12.8 Å². The molecule has 0 fully saturated rings. The number of nitrogens with two attached hydrogens (primary N) is 2. The highest BCUT2D eigenvalue weighted by molar-refractivity contribution is 5.99. The van der Waals surface area contributed by atoms with Crippen molar-refractivity contribution in [3.63, 3.8) is 0 Å². The normalized spacial score (nSPS) is 28.3. The van der Waals surface area contributed by atoms with Crippen LogP contribution in [0.1, 0.15) is 30.4 Å². The molecule has 0 spiro atoms. The SMILES string of the molecule is Cc1ncc2c(n1)C[C@@](C)(C1CC(N)=CC=C1F)N=C2N. The molecule has 6 heteroatoms. The number of allylic oxidation sites excluding steroid dienone is 3. The molecule has 0 amide bonds. The van der Waals surface area contributed by atoms with Gasteiger partial charge in [0.05, 0.1) is 16.8 Å². The van der Waals surface area contributed by atoms with Gasteiger partial charge in [-0.15, -0.1) is 0 Å². The van der Waals surface area contributed by atoms with Gasteiger partial charge in [-0.25, -0.2) is 14.4 Å². The Kier molecular flexibility index (Phi) is 3.04. The van der Waals surface area contributed by atoms with Gasteiger partial charge in [0.25, 0.3) is 0 Å². The third kappa shape index (κ3) is 2.30. The molecule has 0 radical (unpaired) electrons. The summed E-state index contributed by atoms with van der Waals surface area (Å²) in [4.78, 5) is 13.1. The molecule has 0 bridgehead atoms. The van der Waals surface area contributed by atoms with Crippen LogP contribution in [0.2, 0.25) is 0 Å². The summed E-state index contributed by atoms with van der Waals surface area (Å²) in [5, 5.41) is 0. The average molecular weight is 287 g/mol. The van der Waals surface area contributed by atoms with E-state index in [2.05, 4.69) is 15.0 Å². The Hall–Kier alpha value is -2.24. The molecule has 1 unspecified atom stereocenters. The van der Waals surface area contributed by atoms with E-state index in [1.807, 2.05) is 13.8 Å². The van der Waals surface area contributed by atoms with E-state index in [1.165, 1.54) is 6.08 Å². The lowest BCUT2D eigenvalue weighted by Gasteiger charge is -2.37. The molecular formula is C15H18FN5. The smallest absolute Gasteiger partial charge is 0.129 e. The average Bonchev–Trinajstić information content (AvgIpc) is 2.40. The third-order valence-electron chi connectivity index (χ3n) is 4.15. The van der Waals surface area contributed by atoms with E-state index in [-0.39, 0.29) is 5.83 Å². The third-order valence-corrected chi connectivity index (χ3v) is 4.15. The molecule has 110 valence electrons. The zero-order chi connectivity index (χ0) is 15.2. The molecule has 4 N–H and O–H groups in total. The summed E-state index contributed by atoms with van der Waals surface area (Å²) in [5.41, 5.74) is 13.4. The summed E-state index contributed by atoms with van der Waals surface area (Å²) >= 11 is 0. The second-order valence-corrected chi connectivity index (χ2v) is 5.86. The Bertz CT molecular complexity index is 691. The Morgan fingerprint density at radius 2 is 2.10 bits per heavy atom. The summed E-state index contributed by atoms with van der Waals surface area (Å²) in [6.07, 6.45) is 5.66. The van der Waals surface area contributed by atoms with Crippen molar-refractivity contribution in [1.29, 1.82) is 0 Å². The fourth-order valence-corrected chi connectivity index (χ4v) is 3.00. The van der Waals surface area contributed by atoms with E-state index < -0.39 is 11.5 Å². The molecule has 21 heavy (non-hydrogen) atoms. The van der Waals surface area contributed by atoms with E-state index in [0.717, 1.165) is 11.3 Å². The van der Waals surface area contributed by atoms with Gasteiger partial charge in [-0.3, -0.25) is 4.99 Å². The first-order valence-corrected chi connectivity index (χ1v) is 6.89. The molecule has 1 aromatic heterocycles. The van der Waals surface area contributed by atoms with Crippen LogP contribution < -0.4 is 11.5 Å². The molecule has 5 nitrogen and oxygen atoms in total. The zero-order valence-corrected chi connectivity index (χ0v) is 12.1. The second kappa shape index (κ2) is 4.65. The number of hydrogen-bond donors (Lipinski definition) is 2. The van der Waals surface area contributed by atoms with Gasteiger partial charge in [-0.2, -0.15) is 0 Å². The van der Waals surface area contributed by atoms with Gasteiger partial charge >= 0.3 is 0 Å². The highest BCUT2D eigenvalue weighted by Gasteiger charge is 2.42. The maximum atomic E-state index is 14.3. The second-order valence-electron chi connectivity index (χ2n) is 5.86. The van der Waals surface area contributed by atoms with Crippen molar-refractivity contribution in [3.8, 4) is 0 Å². The molecule has 2 aliphatic rings. The first-order valence-electron chi connectivity index (χ1n) is 6.89. The van der Waals surface area contributed by atoms with Crippen LogP contribution in [0.25, 0.3) is 0 Å². The zero-order valence-electron chi connectivity index (χ0n) is 12.1. The fourth-order valence-electron chi connectivity index (χ4n) is 3.00. The molecule has 2 heterocycles. The first kappa shape index (κ1) is 13.7. The largest absolute Gasteiger partial charge is 0.402 e. The van der Waals surface area contributed by atoms with E-state index in [4.69, 9.17) is 11.5 Å². The number of fused-ring (bicyclic) bond motifs is 1. The van der Waals surface area contributed by atoms with Gasteiger partial charge in [-0.05, 0) is 32.4 Å². The summed E-state index contributed by atoms with van der Waals surface area (Å²) in [6, 6.07) is 0. The fraction of sp³-hybridized carbons (Fsp3) is 0.400. The highest BCUT2D eigenvalue weighted by Crippen LogP contribution is 2.40. The van der Waals surface area contributed by atoms with Gasteiger partial charge in [0.15, 0.2) is 0 Å². The predicted octanol–water partition coefficient (Wildman–Crippen LogP) is 1.52. The molecule has 0 saturated heterocycles. The predicted molar refractivity (Wildman–Crippen MR) is 79.2 cm³/mol. The Morgan fingerprint density at radius 3 is 2.86 bits per heavy atom. The van der Waals surface area contributed by atoms with Crippen molar-refractivity contribution in [2.24, 2.45) is 22.4 Å². The molecule has 0 saturated carbocycles. The standard InChI is InChI=1S/C15H18FN5/c1-8-19-7-10-13(20-8)6-15(2,21-14(10)18)11-5-9(17)3-4-12(11)16/h3-4,7,11H,5-6,17H2,1-2H3,(H2,18,21)/t11?,15-/m0/s1. The number of amidine groups is 1. The summed E-state index contributed by atoms with van der Waals surface area (Å²) in [5.74, 6) is 0.409. The number of aryl methyl sites for hydroxylation is 1. The molecule has 3 rings (SSSR count). The van der Waals surface area contributed by atoms with Crippen molar-refractivity contribution >= 4 is 5.84 Å². The number of rotatable bonds is 1. The lowest BCUT2D eigenvalue weighted by Crippen LogP contribution is -2.43. The minimum atomic E-state index is -0.683. The summed E-state index contributed by atoms with van der Waals surface area (Å²) < 4.78 is 14.3. The van der Waals surface area contributed by atoms with Crippen LogP contribution in [0.5, 0.6) is 0 Å². The van der Waals surface area contributed by atoms with Crippen LogP contribution in [-0.2, 0) is 6.42 Å². The van der Waals surface area contributed by atoms with E-state index in [9.17, 15) is 4.39 Å². The molecular weight excluding hydrogens is 269 g/mol. The van der Waals surface area contributed by atoms with E-state index in [1.54, 1.807) is 12.3 Å². The topological polar surface area (TPSA) is 90.2 Å². The Labute approximate surface area is 122 Å². The lowest BCUT2D eigenvalue weighted by molar-refractivity contribution is 0.281. The van der Waals surface area contributed by atoms with Gasteiger partial charge in [0.2, 0.25) is 0 Å². The minimum absolute atomic E-state index is 0.211. The van der Waals surface area contributed by atoms with Crippen LogP contribution in [-0.4, -0.2) is 21.3 Å². The van der Waals surface area contributed by atoms with Crippen molar-refractivity contribution in [2.45, 2.75) is 32.2 Å². The quantitative estimate of drug-likeness (QED) is 0.819. The summed E-state index contributed by atoms with van der Waals surface area (Å²) in [6.45, 7) is 3.72. The van der Waals surface area contributed by atoms with Crippen molar-refractivity contribution in [2.75, 3.05) is 0 Å². The highest BCUT2D eigenvalue weighted by atomic mass is 19.1. The maximum absolute atomic E-state index is 14.3.